The Hall–Kier alpha value is -1.02. The minimum Gasteiger partial charge on any atom is -0.396 e. The number of benzene rings is 1. The molecule has 0 bridgehead atoms. The molecule has 0 saturated heterocycles. The van der Waals surface area contributed by atoms with Gasteiger partial charge in [0.1, 0.15) is 0 Å². The van der Waals surface area contributed by atoms with E-state index in [2.05, 4.69) is 29.6 Å². The van der Waals surface area contributed by atoms with Crippen molar-refractivity contribution in [1.82, 2.24) is 0 Å². The van der Waals surface area contributed by atoms with E-state index in [4.69, 9.17) is 5.11 Å². The maximum absolute atomic E-state index is 8.80. The number of aliphatic hydroxyl groups excluding tert-OH is 1. The SMILES string of the molecule is OCCCc1cccc(NCC2CCC2)c1. The van der Waals surface area contributed by atoms with Gasteiger partial charge in [-0.1, -0.05) is 18.6 Å². The predicted octanol–water partition coefficient (Wildman–Crippen LogP) is 2.82. The van der Waals surface area contributed by atoms with Crippen molar-refractivity contribution in [2.24, 2.45) is 5.92 Å². The van der Waals surface area contributed by atoms with Crippen LogP contribution in [0.2, 0.25) is 0 Å². The van der Waals surface area contributed by atoms with Crippen LogP contribution in [0.4, 0.5) is 5.69 Å². The third-order valence-corrected chi connectivity index (χ3v) is 3.37. The van der Waals surface area contributed by atoms with Gasteiger partial charge in [-0.3, -0.25) is 0 Å². The molecule has 1 saturated carbocycles. The topological polar surface area (TPSA) is 32.3 Å². The van der Waals surface area contributed by atoms with E-state index >= 15 is 0 Å². The normalized spacial score (nSPS) is 15.8. The van der Waals surface area contributed by atoms with Crippen LogP contribution in [0.1, 0.15) is 31.2 Å². The van der Waals surface area contributed by atoms with Crippen LogP contribution >= 0.6 is 0 Å². The highest BCUT2D eigenvalue weighted by Gasteiger charge is 2.16. The molecular weight excluding hydrogens is 198 g/mol. The van der Waals surface area contributed by atoms with Crippen molar-refractivity contribution in [2.45, 2.75) is 32.1 Å². The Morgan fingerprint density at radius 3 is 2.88 bits per heavy atom. The zero-order valence-electron chi connectivity index (χ0n) is 9.78. The number of rotatable bonds is 6. The molecule has 2 N–H and O–H groups in total. The molecule has 1 aromatic carbocycles. The van der Waals surface area contributed by atoms with E-state index in [-0.39, 0.29) is 6.61 Å². The minimum atomic E-state index is 0.278. The minimum absolute atomic E-state index is 0.278. The lowest BCUT2D eigenvalue weighted by Crippen LogP contribution is -2.20. The van der Waals surface area contributed by atoms with Crippen LogP contribution < -0.4 is 5.32 Å². The Kier molecular flexibility index (Phi) is 4.23. The first-order valence-corrected chi connectivity index (χ1v) is 6.32. The highest BCUT2D eigenvalue weighted by Crippen LogP contribution is 2.26. The van der Waals surface area contributed by atoms with Gasteiger partial charge in [0.15, 0.2) is 0 Å². The van der Waals surface area contributed by atoms with Crippen LogP contribution in [0.15, 0.2) is 24.3 Å². The quantitative estimate of drug-likeness (QED) is 0.771. The lowest BCUT2D eigenvalue weighted by atomic mass is 9.85. The van der Waals surface area contributed by atoms with Crippen LogP contribution in [-0.2, 0) is 6.42 Å². The van der Waals surface area contributed by atoms with E-state index in [1.807, 2.05) is 0 Å². The highest BCUT2D eigenvalue weighted by molar-refractivity contribution is 5.45. The zero-order valence-corrected chi connectivity index (χ0v) is 9.78. The summed E-state index contributed by atoms with van der Waals surface area (Å²) in [6.07, 6.45) is 6.00. The molecule has 0 aromatic heterocycles. The fourth-order valence-electron chi connectivity index (χ4n) is 2.08. The van der Waals surface area contributed by atoms with Crippen molar-refractivity contribution in [3.8, 4) is 0 Å². The van der Waals surface area contributed by atoms with Crippen molar-refractivity contribution in [3.63, 3.8) is 0 Å². The number of hydrogen-bond acceptors (Lipinski definition) is 2. The molecule has 1 fully saturated rings. The number of anilines is 1. The fourth-order valence-corrected chi connectivity index (χ4v) is 2.08. The first kappa shape index (κ1) is 11.5. The Morgan fingerprint density at radius 1 is 1.31 bits per heavy atom. The van der Waals surface area contributed by atoms with E-state index in [9.17, 15) is 0 Å². The van der Waals surface area contributed by atoms with Gasteiger partial charge in [0, 0.05) is 18.8 Å². The summed E-state index contributed by atoms with van der Waals surface area (Å²) in [6, 6.07) is 8.55. The van der Waals surface area contributed by atoms with Crippen LogP contribution in [0.5, 0.6) is 0 Å². The summed E-state index contributed by atoms with van der Waals surface area (Å²) in [5.41, 5.74) is 2.54. The van der Waals surface area contributed by atoms with Gasteiger partial charge >= 0.3 is 0 Å². The summed E-state index contributed by atoms with van der Waals surface area (Å²) in [6.45, 7) is 1.39. The molecule has 88 valence electrons. The second-order valence-electron chi connectivity index (χ2n) is 4.71. The molecule has 1 aromatic rings. The molecule has 0 radical (unpaired) electrons. The van der Waals surface area contributed by atoms with Crippen molar-refractivity contribution >= 4 is 5.69 Å². The van der Waals surface area contributed by atoms with Gasteiger partial charge < -0.3 is 10.4 Å². The maximum Gasteiger partial charge on any atom is 0.0434 e. The van der Waals surface area contributed by atoms with E-state index < -0.39 is 0 Å². The molecule has 0 aliphatic heterocycles. The van der Waals surface area contributed by atoms with E-state index in [0.29, 0.717) is 0 Å². The second-order valence-corrected chi connectivity index (χ2v) is 4.71. The number of nitrogens with one attached hydrogen (secondary N) is 1. The van der Waals surface area contributed by atoms with Crippen molar-refractivity contribution in [1.29, 1.82) is 0 Å². The molecule has 0 heterocycles. The van der Waals surface area contributed by atoms with Gasteiger partial charge in [-0.25, -0.2) is 0 Å². The molecular formula is C14H21NO. The smallest absolute Gasteiger partial charge is 0.0434 e. The summed E-state index contributed by atoms with van der Waals surface area (Å²) in [4.78, 5) is 0. The summed E-state index contributed by atoms with van der Waals surface area (Å²) >= 11 is 0. The fraction of sp³-hybridized carbons (Fsp3) is 0.571. The summed E-state index contributed by atoms with van der Waals surface area (Å²) in [7, 11) is 0. The molecule has 0 unspecified atom stereocenters. The van der Waals surface area contributed by atoms with Crippen LogP contribution in [0.3, 0.4) is 0 Å². The van der Waals surface area contributed by atoms with Gasteiger partial charge in [-0.15, -0.1) is 0 Å². The monoisotopic (exact) mass is 219 g/mol. The largest absolute Gasteiger partial charge is 0.396 e. The second kappa shape index (κ2) is 5.90. The highest BCUT2D eigenvalue weighted by atomic mass is 16.2. The van der Waals surface area contributed by atoms with Gasteiger partial charge in [0.25, 0.3) is 0 Å². The van der Waals surface area contributed by atoms with Crippen LogP contribution in [0.25, 0.3) is 0 Å². The van der Waals surface area contributed by atoms with Crippen molar-refractivity contribution in [3.05, 3.63) is 29.8 Å². The summed E-state index contributed by atoms with van der Waals surface area (Å²) in [5, 5.41) is 12.3. The van der Waals surface area contributed by atoms with E-state index in [0.717, 1.165) is 25.3 Å². The first-order chi connectivity index (χ1) is 7.88. The summed E-state index contributed by atoms with van der Waals surface area (Å²) < 4.78 is 0. The third-order valence-electron chi connectivity index (χ3n) is 3.37. The van der Waals surface area contributed by atoms with Gasteiger partial charge in [0.05, 0.1) is 0 Å². The van der Waals surface area contributed by atoms with Gasteiger partial charge in [-0.05, 0) is 49.3 Å². The van der Waals surface area contributed by atoms with Crippen molar-refractivity contribution in [2.75, 3.05) is 18.5 Å². The molecule has 1 aliphatic carbocycles. The Morgan fingerprint density at radius 2 is 2.19 bits per heavy atom. The molecule has 0 spiro atoms. The molecule has 1 aliphatic rings. The maximum atomic E-state index is 8.80. The molecule has 0 amide bonds. The lowest BCUT2D eigenvalue weighted by molar-refractivity contribution is 0.288. The zero-order chi connectivity index (χ0) is 11.2. The van der Waals surface area contributed by atoms with E-state index in [1.54, 1.807) is 0 Å². The van der Waals surface area contributed by atoms with Gasteiger partial charge in [-0.2, -0.15) is 0 Å². The van der Waals surface area contributed by atoms with Gasteiger partial charge in [0.2, 0.25) is 0 Å². The molecule has 2 rings (SSSR count). The average molecular weight is 219 g/mol. The van der Waals surface area contributed by atoms with Crippen molar-refractivity contribution < 1.29 is 5.11 Å². The standard InChI is InChI=1S/C14H21NO/c16-9-3-7-12-4-2-8-14(10-12)15-11-13-5-1-6-13/h2,4,8,10,13,15-16H,1,3,5-7,9,11H2. The molecule has 2 nitrogen and oxygen atoms in total. The Balaban J connectivity index is 1.82. The third kappa shape index (κ3) is 3.24. The summed E-state index contributed by atoms with van der Waals surface area (Å²) in [5.74, 6) is 0.890. The molecule has 2 heteroatoms. The molecule has 0 atom stereocenters. The Bertz CT molecular complexity index is 320. The van der Waals surface area contributed by atoms with E-state index in [1.165, 1.54) is 30.5 Å². The number of hydrogen-bond donors (Lipinski definition) is 2. The predicted molar refractivity (Wildman–Crippen MR) is 67.7 cm³/mol. The average Bonchev–Trinajstić information content (AvgIpc) is 2.25. The first-order valence-electron chi connectivity index (χ1n) is 6.32. The number of aliphatic hydroxyl groups is 1. The van der Waals surface area contributed by atoms with Crippen LogP contribution in [-0.4, -0.2) is 18.3 Å². The van der Waals surface area contributed by atoms with Crippen LogP contribution in [0, 0.1) is 5.92 Å². The lowest BCUT2D eigenvalue weighted by Gasteiger charge is -2.25. The number of aryl methyl sites for hydroxylation is 1. The Labute approximate surface area is 97.7 Å². The molecule has 16 heavy (non-hydrogen) atoms.